The van der Waals surface area contributed by atoms with Crippen LogP contribution in [0.3, 0.4) is 0 Å². The fourth-order valence-electron chi connectivity index (χ4n) is 3.73. The third-order valence-electron chi connectivity index (χ3n) is 5.42. The Kier molecular flexibility index (Phi) is 7.81. The summed E-state index contributed by atoms with van der Waals surface area (Å²) < 4.78 is 27.9. The molecule has 0 bridgehead atoms. The first kappa shape index (κ1) is 23.0. The van der Waals surface area contributed by atoms with E-state index in [-0.39, 0.29) is 29.7 Å². The highest BCUT2D eigenvalue weighted by Gasteiger charge is 2.21. The molecule has 8 heteroatoms. The van der Waals surface area contributed by atoms with Gasteiger partial charge in [-0.05, 0) is 54.7 Å². The normalized spacial score (nSPS) is 14.8. The summed E-state index contributed by atoms with van der Waals surface area (Å²) in [5, 5.41) is 2.81. The van der Waals surface area contributed by atoms with Crippen LogP contribution in [0.25, 0.3) is 0 Å². The van der Waals surface area contributed by atoms with Crippen LogP contribution in [0.1, 0.15) is 49.7 Å². The molecule has 0 spiro atoms. The van der Waals surface area contributed by atoms with Crippen molar-refractivity contribution in [1.82, 2.24) is 4.72 Å². The first-order valence-electron chi connectivity index (χ1n) is 10.6. The number of hydrogen-bond acceptors (Lipinski definition) is 4. The van der Waals surface area contributed by atoms with Gasteiger partial charge in [-0.2, -0.15) is 0 Å². The third-order valence-corrected chi connectivity index (χ3v) is 6.95. The van der Waals surface area contributed by atoms with Crippen LogP contribution >= 0.6 is 0 Å². The summed E-state index contributed by atoms with van der Waals surface area (Å²) in [6, 6.07) is 13.7. The number of carbonyl (C=O) groups excluding carboxylic acids is 2. The first-order valence-corrected chi connectivity index (χ1v) is 12.1. The SMILES string of the molecule is NC(=O)Cc1ccc(NC(=O)CCc2ccc(S(=O)(=O)NC3CCCCC3)cc2)cc1. The number of nitrogens with two attached hydrogens (primary N) is 1. The summed E-state index contributed by atoms with van der Waals surface area (Å²) in [6.07, 6.45) is 6.01. The molecule has 0 heterocycles. The molecule has 1 aliphatic rings. The van der Waals surface area contributed by atoms with Crippen LogP contribution in [0.5, 0.6) is 0 Å². The second-order valence-corrected chi connectivity index (χ2v) is 9.70. The van der Waals surface area contributed by atoms with Gasteiger partial charge in [0.1, 0.15) is 0 Å². The Morgan fingerprint density at radius 1 is 0.903 bits per heavy atom. The standard InChI is InChI=1S/C23H29N3O4S/c24-22(27)16-18-6-11-19(12-7-18)25-23(28)15-10-17-8-13-21(14-9-17)31(29,30)26-20-4-2-1-3-5-20/h6-9,11-14,20,26H,1-5,10,15-16H2,(H2,24,27)(H,25,28). The Morgan fingerprint density at radius 3 is 2.13 bits per heavy atom. The first-order chi connectivity index (χ1) is 14.8. The molecule has 7 nitrogen and oxygen atoms in total. The van der Waals surface area contributed by atoms with Gasteiger partial charge in [-0.1, -0.05) is 43.5 Å². The van der Waals surface area contributed by atoms with Gasteiger partial charge in [0, 0.05) is 18.2 Å². The van der Waals surface area contributed by atoms with Gasteiger partial charge in [-0.15, -0.1) is 0 Å². The average molecular weight is 444 g/mol. The van der Waals surface area contributed by atoms with Crippen molar-refractivity contribution in [2.75, 3.05) is 5.32 Å². The van der Waals surface area contributed by atoms with Crippen LogP contribution in [0.2, 0.25) is 0 Å². The Labute approximate surface area is 183 Å². The maximum Gasteiger partial charge on any atom is 0.240 e. The van der Waals surface area contributed by atoms with Gasteiger partial charge in [0.2, 0.25) is 21.8 Å². The monoisotopic (exact) mass is 443 g/mol. The van der Waals surface area contributed by atoms with Crippen molar-refractivity contribution >= 4 is 27.5 Å². The molecule has 0 aromatic heterocycles. The molecule has 1 saturated carbocycles. The van der Waals surface area contributed by atoms with Crippen molar-refractivity contribution in [3.8, 4) is 0 Å². The number of anilines is 1. The molecule has 2 aromatic rings. The van der Waals surface area contributed by atoms with E-state index in [0.29, 0.717) is 12.1 Å². The summed E-state index contributed by atoms with van der Waals surface area (Å²) in [5.41, 5.74) is 7.50. The third kappa shape index (κ3) is 7.18. The Hall–Kier alpha value is -2.71. The molecule has 0 atom stereocenters. The van der Waals surface area contributed by atoms with Gasteiger partial charge in [0.25, 0.3) is 0 Å². The van der Waals surface area contributed by atoms with E-state index in [2.05, 4.69) is 10.0 Å². The number of aryl methyl sites for hydroxylation is 1. The number of hydrogen-bond donors (Lipinski definition) is 3. The molecule has 0 unspecified atom stereocenters. The maximum atomic E-state index is 12.6. The highest BCUT2D eigenvalue weighted by Crippen LogP contribution is 2.20. The van der Waals surface area contributed by atoms with Gasteiger partial charge in [-0.25, -0.2) is 13.1 Å². The molecular formula is C23H29N3O4S. The van der Waals surface area contributed by atoms with Crippen LogP contribution in [-0.4, -0.2) is 26.3 Å². The van der Waals surface area contributed by atoms with E-state index in [9.17, 15) is 18.0 Å². The fraction of sp³-hybridized carbons (Fsp3) is 0.391. The summed E-state index contributed by atoms with van der Waals surface area (Å²) >= 11 is 0. The maximum absolute atomic E-state index is 12.6. The number of rotatable bonds is 9. The zero-order chi connectivity index (χ0) is 22.3. The van der Waals surface area contributed by atoms with Crippen LogP contribution < -0.4 is 15.8 Å². The molecule has 31 heavy (non-hydrogen) atoms. The van der Waals surface area contributed by atoms with Gasteiger partial charge in [0.15, 0.2) is 0 Å². The van der Waals surface area contributed by atoms with Crippen LogP contribution in [-0.2, 0) is 32.5 Å². The van der Waals surface area contributed by atoms with E-state index in [1.807, 2.05) is 0 Å². The Morgan fingerprint density at radius 2 is 1.52 bits per heavy atom. The van der Waals surface area contributed by atoms with Crippen LogP contribution in [0.4, 0.5) is 5.69 Å². The number of amides is 2. The minimum Gasteiger partial charge on any atom is -0.369 e. The minimum absolute atomic E-state index is 0.0204. The van der Waals surface area contributed by atoms with E-state index in [1.165, 1.54) is 6.42 Å². The molecule has 0 radical (unpaired) electrons. The number of sulfonamides is 1. The second-order valence-electron chi connectivity index (χ2n) is 7.99. The van der Waals surface area contributed by atoms with Crippen molar-refractivity contribution in [3.05, 3.63) is 59.7 Å². The summed E-state index contributed by atoms with van der Waals surface area (Å²) in [5.74, 6) is -0.543. The molecule has 3 rings (SSSR count). The molecule has 166 valence electrons. The zero-order valence-corrected chi connectivity index (χ0v) is 18.3. The van der Waals surface area contributed by atoms with Crippen LogP contribution in [0.15, 0.2) is 53.4 Å². The van der Waals surface area contributed by atoms with E-state index >= 15 is 0 Å². The van der Waals surface area contributed by atoms with E-state index in [0.717, 1.165) is 36.8 Å². The van der Waals surface area contributed by atoms with Crippen molar-refractivity contribution in [2.24, 2.45) is 5.73 Å². The van der Waals surface area contributed by atoms with Gasteiger partial charge in [-0.3, -0.25) is 9.59 Å². The molecule has 1 fully saturated rings. The molecule has 4 N–H and O–H groups in total. The predicted octanol–water partition coefficient (Wildman–Crippen LogP) is 2.90. The number of primary amides is 1. The lowest BCUT2D eigenvalue weighted by Crippen LogP contribution is -2.36. The molecule has 0 saturated heterocycles. The number of nitrogens with one attached hydrogen (secondary N) is 2. The van der Waals surface area contributed by atoms with E-state index in [1.54, 1.807) is 48.5 Å². The Balaban J connectivity index is 1.49. The van der Waals surface area contributed by atoms with E-state index in [4.69, 9.17) is 5.73 Å². The van der Waals surface area contributed by atoms with Crippen molar-refractivity contribution < 1.29 is 18.0 Å². The summed E-state index contributed by atoms with van der Waals surface area (Å²) in [4.78, 5) is 23.4. The lowest BCUT2D eigenvalue weighted by Gasteiger charge is -2.22. The van der Waals surface area contributed by atoms with Gasteiger partial charge >= 0.3 is 0 Å². The van der Waals surface area contributed by atoms with Crippen molar-refractivity contribution in [2.45, 2.75) is 62.3 Å². The topological polar surface area (TPSA) is 118 Å². The fourth-order valence-corrected chi connectivity index (χ4v) is 5.04. The molecule has 2 amide bonds. The van der Waals surface area contributed by atoms with Crippen molar-refractivity contribution in [3.63, 3.8) is 0 Å². The summed E-state index contributed by atoms with van der Waals surface area (Å²) in [7, 11) is -3.52. The lowest BCUT2D eigenvalue weighted by atomic mass is 9.96. The predicted molar refractivity (Wildman–Crippen MR) is 120 cm³/mol. The van der Waals surface area contributed by atoms with Crippen molar-refractivity contribution in [1.29, 1.82) is 0 Å². The quantitative estimate of drug-likeness (QED) is 0.552. The Bertz CT molecular complexity index is 996. The zero-order valence-electron chi connectivity index (χ0n) is 17.5. The average Bonchev–Trinajstić information content (AvgIpc) is 2.74. The van der Waals surface area contributed by atoms with Gasteiger partial charge in [0.05, 0.1) is 11.3 Å². The number of benzene rings is 2. The number of carbonyl (C=O) groups is 2. The lowest BCUT2D eigenvalue weighted by molar-refractivity contribution is -0.117. The minimum atomic E-state index is -3.52. The second kappa shape index (κ2) is 10.5. The van der Waals surface area contributed by atoms with Crippen LogP contribution in [0, 0.1) is 0 Å². The highest BCUT2D eigenvalue weighted by atomic mass is 32.2. The van der Waals surface area contributed by atoms with Gasteiger partial charge < -0.3 is 11.1 Å². The van der Waals surface area contributed by atoms with E-state index < -0.39 is 15.9 Å². The molecule has 2 aromatic carbocycles. The smallest absolute Gasteiger partial charge is 0.240 e. The largest absolute Gasteiger partial charge is 0.369 e. The molecule has 1 aliphatic carbocycles. The molecular weight excluding hydrogens is 414 g/mol. The summed E-state index contributed by atoms with van der Waals surface area (Å²) in [6.45, 7) is 0. The highest BCUT2D eigenvalue weighted by molar-refractivity contribution is 7.89. The molecule has 0 aliphatic heterocycles.